The number of aliphatic hydroxyl groups excluding tert-OH is 1. The lowest BCUT2D eigenvalue weighted by molar-refractivity contribution is -0.111. The molecule has 12 heteroatoms. The van der Waals surface area contributed by atoms with Crippen molar-refractivity contribution in [1.29, 1.82) is 0 Å². The lowest BCUT2D eigenvalue weighted by Crippen LogP contribution is -2.58. The number of ether oxygens (including phenoxy) is 1. The van der Waals surface area contributed by atoms with E-state index < -0.39 is 40.9 Å². The first-order chi connectivity index (χ1) is 22.3. The molecule has 5 fully saturated rings. The highest BCUT2D eigenvalue weighted by atomic mass is 35.5. The molecule has 2 saturated carbocycles. The van der Waals surface area contributed by atoms with E-state index in [2.05, 4.69) is 39.8 Å². The van der Waals surface area contributed by atoms with E-state index >= 15 is 4.39 Å². The molecule has 2 unspecified atom stereocenters. The maximum absolute atomic E-state index is 16.2. The number of aldehydes is 1. The van der Waals surface area contributed by atoms with E-state index in [0.717, 1.165) is 38.4 Å². The van der Waals surface area contributed by atoms with Crippen molar-refractivity contribution < 1.29 is 24.1 Å². The first-order valence-corrected chi connectivity index (χ1v) is 17.7. The van der Waals surface area contributed by atoms with Gasteiger partial charge in [0.1, 0.15) is 17.0 Å². The standard InChI is InChI=1S/C35H46Cl2FN5O4/c1-19(45)25-5-7-32(18-47-25)17-34(32)29(43-34)20(16-44)13-24-27(21-6-12-40-30(37)28(21)38)35(46,22-15-41-26(36)14-23(22)39-4)33(42-24)10-8-31(2,3)9-11-33/h6,12,14-16,19-20,24-25,27,29,42-43,45-46H,5,7-11,13,17-18H2,1-4H3,(H,39,41)/t19-,20?,24+,25+,27+,29?,32-,34+,35+/m1/s1. The van der Waals surface area contributed by atoms with Gasteiger partial charge in [0.25, 0.3) is 0 Å². The predicted molar refractivity (Wildman–Crippen MR) is 178 cm³/mol. The number of carbonyl (C=O) groups excluding carboxylic acids is 1. The number of nitrogens with one attached hydrogen (secondary N) is 3. The summed E-state index contributed by atoms with van der Waals surface area (Å²) in [5, 5.41) is 34.3. The average Bonchev–Trinajstić information content (AvgIpc) is 3.89. The Kier molecular flexibility index (Phi) is 8.27. The van der Waals surface area contributed by atoms with Gasteiger partial charge in [-0.15, -0.1) is 0 Å². The fourth-order valence-corrected chi connectivity index (χ4v) is 10.1. The van der Waals surface area contributed by atoms with Crippen molar-refractivity contribution in [2.75, 3.05) is 19.0 Å². The second-order valence-electron chi connectivity index (χ2n) is 15.8. The van der Waals surface area contributed by atoms with Gasteiger partial charge in [-0.25, -0.2) is 14.4 Å². The number of hydrogen-bond acceptors (Lipinski definition) is 9. The Labute approximate surface area is 285 Å². The summed E-state index contributed by atoms with van der Waals surface area (Å²) in [6.45, 7) is 6.78. The topological polar surface area (TPSA) is 139 Å². The van der Waals surface area contributed by atoms with Crippen LogP contribution in [-0.2, 0) is 15.1 Å². The summed E-state index contributed by atoms with van der Waals surface area (Å²) < 4.78 is 22.2. The van der Waals surface area contributed by atoms with Gasteiger partial charge in [-0.3, -0.25) is 0 Å². The van der Waals surface area contributed by atoms with Gasteiger partial charge in [-0.05, 0) is 75.8 Å². The van der Waals surface area contributed by atoms with Crippen LogP contribution in [0.15, 0.2) is 24.5 Å². The number of aromatic nitrogens is 2. The number of carbonyl (C=O) groups is 1. The molecular formula is C35H46Cl2FN5O4. The molecule has 5 aliphatic rings. The highest BCUT2D eigenvalue weighted by Crippen LogP contribution is 2.71. The van der Waals surface area contributed by atoms with Gasteiger partial charge in [-0.1, -0.05) is 37.0 Å². The normalized spacial score (nSPS) is 38.0. The van der Waals surface area contributed by atoms with Crippen LogP contribution < -0.4 is 16.0 Å². The number of nitrogens with zero attached hydrogens (tertiary/aromatic N) is 2. The van der Waals surface area contributed by atoms with Crippen LogP contribution in [0.5, 0.6) is 0 Å². The zero-order valence-electron chi connectivity index (χ0n) is 27.5. The summed E-state index contributed by atoms with van der Waals surface area (Å²) in [5.41, 5.74) is -1.28. The van der Waals surface area contributed by atoms with Crippen molar-refractivity contribution >= 4 is 35.2 Å². The van der Waals surface area contributed by atoms with Gasteiger partial charge in [0.2, 0.25) is 0 Å². The average molecular weight is 691 g/mol. The Morgan fingerprint density at radius 2 is 1.94 bits per heavy atom. The second-order valence-corrected chi connectivity index (χ2v) is 16.5. The van der Waals surface area contributed by atoms with Gasteiger partial charge in [0.05, 0.1) is 24.4 Å². The summed E-state index contributed by atoms with van der Waals surface area (Å²) in [6.07, 6.45) is 9.38. The number of halogens is 3. The molecule has 0 aromatic carbocycles. The smallest absolute Gasteiger partial charge is 0.165 e. The zero-order valence-corrected chi connectivity index (χ0v) is 29.0. The fourth-order valence-electron chi connectivity index (χ4n) is 9.81. The molecule has 2 aromatic rings. The van der Waals surface area contributed by atoms with Crippen LogP contribution in [0.25, 0.3) is 0 Å². The monoisotopic (exact) mass is 689 g/mol. The Balaban J connectivity index is 1.28. The predicted octanol–water partition coefficient (Wildman–Crippen LogP) is 5.11. The summed E-state index contributed by atoms with van der Waals surface area (Å²) in [5.74, 6) is -1.90. The van der Waals surface area contributed by atoms with Crippen LogP contribution in [0.1, 0.15) is 89.2 Å². The SMILES string of the molecule is CNc1cc(Cl)ncc1[C@]1(O)[C@@H](c2ccnc(Cl)c2F)[C@H](CC(C=O)C2N[C@@]23C[C@@]32CC[C@@H]([C@@H](C)O)OC2)NC12CCC(C)(C)CC2. The molecule has 2 aliphatic carbocycles. The van der Waals surface area contributed by atoms with E-state index in [-0.39, 0.29) is 44.4 Å². The number of hydrogen-bond donors (Lipinski definition) is 5. The maximum Gasteiger partial charge on any atom is 0.165 e. The van der Waals surface area contributed by atoms with E-state index in [1.165, 1.54) is 6.20 Å². The molecule has 2 aromatic heterocycles. The van der Waals surface area contributed by atoms with Crippen molar-refractivity contribution in [1.82, 2.24) is 20.6 Å². The van der Waals surface area contributed by atoms with Gasteiger partial charge in [-0.2, -0.15) is 0 Å². The molecular weight excluding hydrogens is 644 g/mol. The van der Waals surface area contributed by atoms with Gasteiger partial charge in [0.15, 0.2) is 11.0 Å². The van der Waals surface area contributed by atoms with Crippen LogP contribution in [0.3, 0.4) is 0 Å². The fraction of sp³-hybridized carbons (Fsp3) is 0.686. The van der Waals surface area contributed by atoms with Crippen molar-refractivity contribution in [3.05, 3.63) is 51.8 Å². The van der Waals surface area contributed by atoms with E-state index in [1.807, 2.05) is 0 Å². The Morgan fingerprint density at radius 1 is 1.19 bits per heavy atom. The third-order valence-corrected chi connectivity index (χ3v) is 13.2. The highest BCUT2D eigenvalue weighted by Gasteiger charge is 2.81. The first kappa shape index (κ1) is 33.6. The summed E-state index contributed by atoms with van der Waals surface area (Å²) in [4.78, 5) is 21.3. The van der Waals surface area contributed by atoms with Crippen LogP contribution in [0.4, 0.5) is 10.1 Å². The molecule has 0 bridgehead atoms. The minimum Gasteiger partial charge on any atom is -0.391 e. The number of pyridine rings is 2. The van der Waals surface area contributed by atoms with E-state index in [4.69, 9.17) is 27.9 Å². The van der Waals surface area contributed by atoms with Crippen molar-refractivity contribution in [2.45, 2.75) is 119 Å². The second kappa shape index (κ2) is 11.6. The molecule has 3 saturated heterocycles. The van der Waals surface area contributed by atoms with E-state index in [0.29, 0.717) is 37.1 Å². The maximum atomic E-state index is 16.2. The van der Waals surface area contributed by atoms with Crippen LogP contribution in [0, 0.1) is 22.6 Å². The summed E-state index contributed by atoms with van der Waals surface area (Å²) >= 11 is 12.6. The number of rotatable bonds is 8. The highest BCUT2D eigenvalue weighted by molar-refractivity contribution is 6.30. The molecule has 256 valence electrons. The van der Waals surface area contributed by atoms with Crippen molar-refractivity contribution in [3.63, 3.8) is 0 Å². The lowest BCUT2D eigenvalue weighted by Gasteiger charge is -2.50. The quantitative estimate of drug-likeness (QED) is 0.145. The first-order valence-electron chi connectivity index (χ1n) is 16.9. The van der Waals surface area contributed by atoms with Gasteiger partial charge >= 0.3 is 0 Å². The van der Waals surface area contributed by atoms with Gasteiger partial charge < -0.3 is 35.7 Å². The zero-order chi connectivity index (χ0) is 33.6. The number of anilines is 1. The molecule has 9 atom stereocenters. The Hall–Kier alpha value is -1.92. The lowest BCUT2D eigenvalue weighted by atomic mass is 9.59. The third-order valence-electron chi connectivity index (χ3n) is 12.7. The molecule has 47 heavy (non-hydrogen) atoms. The van der Waals surface area contributed by atoms with Crippen LogP contribution >= 0.6 is 23.2 Å². The number of aliphatic hydroxyl groups is 2. The largest absolute Gasteiger partial charge is 0.391 e. The van der Waals surface area contributed by atoms with E-state index in [9.17, 15) is 15.0 Å². The molecule has 3 spiro atoms. The molecule has 5 N–H and O–H groups in total. The third kappa shape index (κ3) is 5.15. The minimum atomic E-state index is -1.65. The molecule has 0 radical (unpaired) electrons. The Bertz CT molecular complexity index is 1540. The molecule has 0 amide bonds. The molecule has 9 nitrogen and oxygen atoms in total. The van der Waals surface area contributed by atoms with E-state index in [1.54, 1.807) is 32.3 Å². The van der Waals surface area contributed by atoms with Crippen LogP contribution in [0.2, 0.25) is 10.3 Å². The minimum absolute atomic E-state index is 0.0505. The van der Waals surface area contributed by atoms with Crippen molar-refractivity contribution in [2.24, 2.45) is 16.7 Å². The van der Waals surface area contributed by atoms with Crippen molar-refractivity contribution in [3.8, 4) is 0 Å². The molecule has 7 rings (SSSR count). The summed E-state index contributed by atoms with van der Waals surface area (Å²) in [6, 6.07) is 2.74. The Morgan fingerprint density at radius 3 is 2.57 bits per heavy atom. The van der Waals surface area contributed by atoms with Crippen LogP contribution in [-0.4, -0.2) is 75.5 Å². The molecule has 5 heterocycles. The van der Waals surface area contributed by atoms with Gasteiger partial charge in [0, 0.05) is 71.1 Å². The summed E-state index contributed by atoms with van der Waals surface area (Å²) in [7, 11) is 1.76. The number of fused-ring (bicyclic) bond motifs is 1. The molecule has 3 aliphatic heterocycles.